The van der Waals surface area contributed by atoms with Crippen LogP contribution in [0, 0.1) is 31.8 Å². The van der Waals surface area contributed by atoms with Crippen LogP contribution < -0.4 is 0 Å². The van der Waals surface area contributed by atoms with E-state index >= 15 is 0 Å². The molecule has 3 rings (SSSR count). The fourth-order valence-corrected chi connectivity index (χ4v) is 2.71. The highest BCUT2D eigenvalue weighted by molar-refractivity contribution is 5.59. The highest BCUT2D eigenvalue weighted by Gasteiger charge is 2.11. The molecule has 0 saturated carbocycles. The topological polar surface area (TPSA) is 37.4 Å². The Bertz CT molecular complexity index is 1040. The standard InChI is InChI=1S/C26H20N2O/c1-19-4-8-21(9-5-19)12-14-24-16-23(26(18-27)28-3)17-25(29-24)15-13-22-10-6-20(2)7-11-22/h4-17H,1-2H3. The fourth-order valence-electron chi connectivity index (χ4n) is 2.71. The molecule has 1 heterocycles. The number of ether oxygens (including phenoxy) is 1. The molecule has 0 amide bonds. The first-order valence-electron chi connectivity index (χ1n) is 9.20. The van der Waals surface area contributed by atoms with Gasteiger partial charge in [0, 0.05) is 0 Å². The average molecular weight is 376 g/mol. The lowest BCUT2D eigenvalue weighted by Crippen LogP contribution is -1.98. The summed E-state index contributed by atoms with van der Waals surface area (Å²) in [5.74, 6) is 1.14. The van der Waals surface area contributed by atoms with Gasteiger partial charge in [0.25, 0.3) is 5.70 Å². The minimum Gasteiger partial charge on any atom is -0.457 e. The Kier molecular flexibility index (Phi) is 6.25. The summed E-state index contributed by atoms with van der Waals surface area (Å²) in [6.45, 7) is 11.3. The number of hydrogen-bond acceptors (Lipinski definition) is 2. The van der Waals surface area contributed by atoms with Crippen LogP contribution in [0.1, 0.15) is 22.3 Å². The average Bonchev–Trinajstić information content (AvgIpc) is 2.74. The van der Waals surface area contributed by atoms with Crippen molar-refractivity contribution in [3.63, 3.8) is 0 Å². The van der Waals surface area contributed by atoms with Crippen LogP contribution in [0.15, 0.2) is 95.6 Å². The first kappa shape index (κ1) is 19.7. The van der Waals surface area contributed by atoms with Gasteiger partial charge < -0.3 is 4.74 Å². The molecule has 0 N–H and O–H groups in total. The second-order valence-electron chi connectivity index (χ2n) is 6.71. The summed E-state index contributed by atoms with van der Waals surface area (Å²) < 4.78 is 5.95. The van der Waals surface area contributed by atoms with Gasteiger partial charge >= 0.3 is 0 Å². The van der Waals surface area contributed by atoms with Crippen LogP contribution in [0.2, 0.25) is 0 Å². The zero-order valence-electron chi connectivity index (χ0n) is 16.4. The molecule has 29 heavy (non-hydrogen) atoms. The molecule has 2 aromatic carbocycles. The monoisotopic (exact) mass is 376 g/mol. The van der Waals surface area contributed by atoms with E-state index in [1.807, 2.05) is 92.8 Å². The molecule has 0 fully saturated rings. The molecule has 2 aromatic rings. The van der Waals surface area contributed by atoms with Gasteiger partial charge in [-0.25, -0.2) is 10.1 Å². The van der Waals surface area contributed by atoms with Crippen LogP contribution in [-0.2, 0) is 4.74 Å². The number of benzene rings is 2. The summed E-state index contributed by atoms with van der Waals surface area (Å²) in [7, 11) is 0. The van der Waals surface area contributed by atoms with E-state index in [-0.39, 0.29) is 5.70 Å². The molecule has 0 bridgehead atoms. The van der Waals surface area contributed by atoms with Gasteiger partial charge in [-0.15, -0.1) is 0 Å². The van der Waals surface area contributed by atoms with Crippen molar-refractivity contribution in [1.82, 2.24) is 0 Å². The molecule has 0 atom stereocenters. The molecule has 0 aromatic heterocycles. The largest absolute Gasteiger partial charge is 0.457 e. The molecule has 3 heteroatoms. The Hall–Kier alpha value is -4.08. The highest BCUT2D eigenvalue weighted by Crippen LogP contribution is 2.25. The van der Waals surface area contributed by atoms with E-state index in [1.165, 1.54) is 11.1 Å². The van der Waals surface area contributed by atoms with Crippen molar-refractivity contribution in [3.05, 3.63) is 129 Å². The van der Waals surface area contributed by atoms with Gasteiger partial charge in [-0.1, -0.05) is 71.8 Å². The molecule has 1 aliphatic rings. The molecule has 0 radical (unpaired) electrons. The Morgan fingerprint density at radius 3 is 1.66 bits per heavy atom. The van der Waals surface area contributed by atoms with E-state index in [4.69, 9.17) is 11.3 Å². The Balaban J connectivity index is 1.89. The van der Waals surface area contributed by atoms with Gasteiger partial charge in [-0.3, -0.25) is 0 Å². The molecule has 140 valence electrons. The van der Waals surface area contributed by atoms with Gasteiger partial charge in [0.15, 0.2) is 0 Å². The number of allylic oxidation sites excluding steroid dienone is 6. The quantitative estimate of drug-likeness (QED) is 0.450. The van der Waals surface area contributed by atoms with Gasteiger partial charge in [0.2, 0.25) is 0 Å². The van der Waals surface area contributed by atoms with Crippen LogP contribution in [0.25, 0.3) is 17.0 Å². The van der Waals surface area contributed by atoms with Crippen LogP contribution in [0.5, 0.6) is 0 Å². The maximum Gasteiger partial charge on any atom is 0.269 e. The smallest absolute Gasteiger partial charge is 0.269 e. The zero-order chi connectivity index (χ0) is 20.6. The summed E-state index contributed by atoms with van der Waals surface area (Å²) in [6, 6.07) is 18.2. The van der Waals surface area contributed by atoms with E-state index in [0.717, 1.165) is 11.1 Å². The summed E-state index contributed by atoms with van der Waals surface area (Å²) in [6.07, 6.45) is 11.0. The summed E-state index contributed by atoms with van der Waals surface area (Å²) in [5, 5.41) is 9.26. The van der Waals surface area contributed by atoms with Crippen LogP contribution in [0.4, 0.5) is 0 Å². The number of aryl methyl sites for hydroxylation is 2. The van der Waals surface area contributed by atoms with Gasteiger partial charge in [0.05, 0.1) is 12.6 Å². The van der Waals surface area contributed by atoms with Crippen LogP contribution >= 0.6 is 0 Å². The van der Waals surface area contributed by atoms with Crippen molar-refractivity contribution in [2.45, 2.75) is 13.8 Å². The van der Waals surface area contributed by atoms with E-state index in [0.29, 0.717) is 17.1 Å². The van der Waals surface area contributed by atoms with Gasteiger partial charge in [-0.05, 0) is 54.9 Å². The van der Waals surface area contributed by atoms with Crippen molar-refractivity contribution < 1.29 is 4.74 Å². The first-order chi connectivity index (χ1) is 14.1. The van der Waals surface area contributed by atoms with Crippen LogP contribution in [-0.4, -0.2) is 0 Å². The molecule has 0 aliphatic carbocycles. The minimum absolute atomic E-state index is 0.0378. The fraction of sp³-hybridized carbons (Fsp3) is 0.0769. The lowest BCUT2D eigenvalue weighted by molar-refractivity contribution is 0.332. The third-order valence-corrected chi connectivity index (χ3v) is 4.36. The number of nitrogens with zero attached hydrogens (tertiary/aromatic N) is 2. The molecular weight excluding hydrogens is 356 g/mol. The maximum absolute atomic E-state index is 9.26. The van der Waals surface area contributed by atoms with Crippen molar-refractivity contribution in [3.8, 4) is 6.07 Å². The number of nitriles is 1. The molecule has 1 aliphatic heterocycles. The van der Waals surface area contributed by atoms with Crippen molar-refractivity contribution in [2.75, 3.05) is 0 Å². The molecular formula is C26H20N2O. The summed E-state index contributed by atoms with van der Waals surface area (Å²) in [5.41, 5.74) is 5.06. The second kappa shape index (κ2) is 9.22. The lowest BCUT2D eigenvalue weighted by atomic mass is 10.1. The number of hydrogen-bond donors (Lipinski definition) is 0. The summed E-state index contributed by atoms with van der Waals surface area (Å²) in [4.78, 5) is 3.33. The first-order valence-corrected chi connectivity index (χ1v) is 9.20. The summed E-state index contributed by atoms with van der Waals surface area (Å²) >= 11 is 0. The van der Waals surface area contributed by atoms with E-state index in [2.05, 4.69) is 4.85 Å². The predicted octanol–water partition coefficient (Wildman–Crippen LogP) is 6.53. The van der Waals surface area contributed by atoms with Gasteiger partial charge in [0.1, 0.15) is 11.5 Å². The maximum atomic E-state index is 9.26. The third-order valence-electron chi connectivity index (χ3n) is 4.36. The SMILES string of the molecule is [C-]#[N+]C(C#N)=C1C=C(C=Cc2ccc(C)cc2)OC(C=Cc2ccc(C)cc2)=C1. The molecule has 3 nitrogen and oxygen atoms in total. The predicted molar refractivity (Wildman–Crippen MR) is 117 cm³/mol. The molecule has 0 spiro atoms. The van der Waals surface area contributed by atoms with Gasteiger partial charge in [-0.2, -0.15) is 0 Å². The normalized spacial score (nSPS) is 13.4. The highest BCUT2D eigenvalue weighted by atomic mass is 16.5. The van der Waals surface area contributed by atoms with E-state index < -0.39 is 0 Å². The Morgan fingerprint density at radius 2 is 1.28 bits per heavy atom. The second-order valence-corrected chi connectivity index (χ2v) is 6.71. The molecule has 0 saturated heterocycles. The third kappa shape index (κ3) is 5.45. The lowest BCUT2D eigenvalue weighted by Gasteiger charge is -2.14. The van der Waals surface area contributed by atoms with E-state index in [1.54, 1.807) is 12.2 Å². The Morgan fingerprint density at radius 1 is 0.828 bits per heavy atom. The van der Waals surface area contributed by atoms with Crippen molar-refractivity contribution in [1.29, 1.82) is 5.26 Å². The number of rotatable bonds is 4. The minimum atomic E-state index is 0.0378. The van der Waals surface area contributed by atoms with Crippen molar-refractivity contribution in [2.24, 2.45) is 0 Å². The van der Waals surface area contributed by atoms with Crippen molar-refractivity contribution >= 4 is 12.2 Å². The molecule has 0 unspecified atom stereocenters. The van der Waals surface area contributed by atoms with Crippen LogP contribution in [0.3, 0.4) is 0 Å². The van der Waals surface area contributed by atoms with E-state index in [9.17, 15) is 5.26 Å². The zero-order valence-corrected chi connectivity index (χ0v) is 16.4. The Labute approximate surface area is 171 Å².